The lowest BCUT2D eigenvalue weighted by Crippen LogP contribution is -2.44. The van der Waals surface area contributed by atoms with Gasteiger partial charge in [0, 0.05) is 49.9 Å². The van der Waals surface area contributed by atoms with Crippen LogP contribution in [-0.4, -0.2) is 52.9 Å². The maximum atomic E-state index is 13.0. The van der Waals surface area contributed by atoms with Gasteiger partial charge in [-0.05, 0) is 36.6 Å². The number of Topliss-reactive ketones (excluding diaryl/α,β-unsaturated/α-hetero) is 1. The Bertz CT molecular complexity index is 1030. The van der Waals surface area contributed by atoms with Crippen molar-refractivity contribution in [2.75, 3.05) is 13.1 Å². The van der Waals surface area contributed by atoms with Crippen LogP contribution in [0.4, 0.5) is 13.2 Å². The minimum absolute atomic E-state index is 0.0420. The Balaban J connectivity index is 1.34. The van der Waals surface area contributed by atoms with E-state index in [2.05, 4.69) is 15.2 Å². The third-order valence-corrected chi connectivity index (χ3v) is 7.01. The molecule has 1 aromatic heterocycles. The lowest BCUT2D eigenvalue weighted by atomic mass is 9.94. The summed E-state index contributed by atoms with van der Waals surface area (Å²) in [5.41, 5.74) is 0.0326. The number of nitrogens with zero attached hydrogens (tertiary/aromatic N) is 2. The van der Waals surface area contributed by atoms with Crippen LogP contribution in [0.25, 0.3) is 0 Å². The van der Waals surface area contributed by atoms with E-state index in [1.165, 1.54) is 31.4 Å². The second-order valence-corrected chi connectivity index (χ2v) is 9.63. The van der Waals surface area contributed by atoms with Crippen LogP contribution in [-0.2, 0) is 22.3 Å². The largest absolute Gasteiger partial charge is 0.416 e. The number of likely N-dealkylation sites (tertiary alicyclic amines) is 1. The summed E-state index contributed by atoms with van der Waals surface area (Å²) in [5, 5.41) is 3.02. The molecule has 2 aliphatic rings. The van der Waals surface area contributed by atoms with Crippen LogP contribution >= 0.6 is 0 Å². The standard InChI is InChI=1S/C27H32F3N3O3/c28-27(29,30)21-8-4-7-20(14-21)24(34)11-12-26(35)32-23-16-33(22-9-2-1-3-10-22)17-25(23)36-18-19-6-5-13-31-15-19/h4-8,13-15,22-23,25H,1-3,9-12,16-18H2,(H,32,35)/t23-,25-/m0/s1. The van der Waals surface area contributed by atoms with E-state index in [9.17, 15) is 22.8 Å². The number of rotatable bonds is 9. The zero-order valence-electron chi connectivity index (χ0n) is 20.2. The van der Waals surface area contributed by atoms with Gasteiger partial charge in [0.05, 0.1) is 24.3 Å². The van der Waals surface area contributed by atoms with Crippen LogP contribution in [0.2, 0.25) is 0 Å². The molecule has 0 radical (unpaired) electrons. The van der Waals surface area contributed by atoms with Crippen LogP contribution in [0.1, 0.15) is 66.4 Å². The van der Waals surface area contributed by atoms with Gasteiger partial charge >= 0.3 is 6.18 Å². The van der Waals surface area contributed by atoms with E-state index in [-0.39, 0.29) is 36.5 Å². The molecule has 2 fully saturated rings. The number of amides is 1. The van der Waals surface area contributed by atoms with Gasteiger partial charge in [0.15, 0.2) is 5.78 Å². The molecule has 2 aromatic rings. The molecule has 4 rings (SSSR count). The average molecular weight is 504 g/mol. The molecule has 194 valence electrons. The highest BCUT2D eigenvalue weighted by Gasteiger charge is 2.38. The SMILES string of the molecule is O=C(CCC(=O)c1cccc(C(F)(F)F)c1)N[C@H]1CN(C2CCCCC2)C[C@@H]1OCc1cccnc1. The summed E-state index contributed by atoms with van der Waals surface area (Å²) in [6.45, 7) is 1.78. The molecule has 2 atom stereocenters. The zero-order chi connectivity index (χ0) is 25.5. The fourth-order valence-electron chi connectivity index (χ4n) is 5.06. The quantitative estimate of drug-likeness (QED) is 0.499. The molecular formula is C27H32F3N3O3. The number of alkyl halides is 3. The molecule has 0 spiro atoms. The molecule has 1 aliphatic carbocycles. The predicted octanol–water partition coefficient (Wildman–Crippen LogP) is 4.78. The molecule has 36 heavy (non-hydrogen) atoms. The van der Waals surface area contributed by atoms with Gasteiger partial charge < -0.3 is 10.1 Å². The van der Waals surface area contributed by atoms with Crippen molar-refractivity contribution < 1.29 is 27.5 Å². The topological polar surface area (TPSA) is 71.5 Å². The van der Waals surface area contributed by atoms with E-state index >= 15 is 0 Å². The van der Waals surface area contributed by atoms with E-state index in [1.807, 2.05) is 12.1 Å². The van der Waals surface area contributed by atoms with Crippen molar-refractivity contribution in [2.24, 2.45) is 0 Å². The average Bonchev–Trinajstić information content (AvgIpc) is 3.29. The Morgan fingerprint density at radius 1 is 1.06 bits per heavy atom. The molecule has 1 amide bonds. The van der Waals surface area contributed by atoms with Crippen molar-refractivity contribution in [3.63, 3.8) is 0 Å². The van der Waals surface area contributed by atoms with Gasteiger partial charge in [0.1, 0.15) is 0 Å². The Kier molecular flexibility index (Phi) is 8.74. The number of hydrogen-bond donors (Lipinski definition) is 1. The summed E-state index contributed by atoms with van der Waals surface area (Å²) in [6.07, 6.45) is 4.43. The molecule has 1 aromatic carbocycles. The Morgan fingerprint density at radius 2 is 1.86 bits per heavy atom. The summed E-state index contributed by atoms with van der Waals surface area (Å²) < 4.78 is 45.0. The third kappa shape index (κ3) is 7.13. The van der Waals surface area contributed by atoms with Gasteiger partial charge in [-0.2, -0.15) is 13.2 Å². The first-order valence-electron chi connectivity index (χ1n) is 12.5. The number of ether oxygens (including phenoxy) is 1. The predicted molar refractivity (Wildman–Crippen MR) is 128 cm³/mol. The van der Waals surface area contributed by atoms with Crippen molar-refractivity contribution in [1.82, 2.24) is 15.2 Å². The smallest absolute Gasteiger partial charge is 0.370 e. The second-order valence-electron chi connectivity index (χ2n) is 9.63. The molecule has 1 saturated heterocycles. The van der Waals surface area contributed by atoms with Crippen molar-refractivity contribution >= 4 is 11.7 Å². The maximum Gasteiger partial charge on any atom is 0.416 e. The normalized spacial score (nSPS) is 21.4. The molecular weight excluding hydrogens is 471 g/mol. The number of benzene rings is 1. The van der Waals surface area contributed by atoms with Gasteiger partial charge in [0.25, 0.3) is 0 Å². The van der Waals surface area contributed by atoms with Crippen molar-refractivity contribution in [2.45, 2.75) is 75.9 Å². The number of nitrogens with one attached hydrogen (secondary N) is 1. The monoisotopic (exact) mass is 503 g/mol. The van der Waals surface area contributed by atoms with Gasteiger partial charge in [0.2, 0.25) is 5.91 Å². The van der Waals surface area contributed by atoms with Gasteiger partial charge in [-0.3, -0.25) is 19.5 Å². The number of aromatic nitrogens is 1. The highest BCUT2D eigenvalue weighted by molar-refractivity contribution is 5.98. The Hall–Kier alpha value is -2.78. The van der Waals surface area contributed by atoms with Gasteiger partial charge in [-0.1, -0.05) is 37.5 Å². The summed E-state index contributed by atoms with van der Waals surface area (Å²) in [5.74, 6) is -0.795. The molecule has 1 N–H and O–H groups in total. The number of carbonyl (C=O) groups is 2. The first kappa shape index (κ1) is 26.3. The van der Waals surface area contributed by atoms with Gasteiger partial charge in [-0.25, -0.2) is 0 Å². The number of pyridine rings is 1. The molecule has 1 aliphatic heterocycles. The molecule has 2 heterocycles. The second kappa shape index (κ2) is 12.0. The minimum atomic E-state index is -4.52. The lowest BCUT2D eigenvalue weighted by Gasteiger charge is -2.30. The number of carbonyl (C=O) groups excluding carboxylic acids is 2. The zero-order valence-corrected chi connectivity index (χ0v) is 20.2. The minimum Gasteiger partial charge on any atom is -0.370 e. The van der Waals surface area contributed by atoms with Crippen molar-refractivity contribution in [1.29, 1.82) is 0 Å². The Morgan fingerprint density at radius 3 is 2.58 bits per heavy atom. The molecule has 0 unspecified atom stereocenters. The fraction of sp³-hybridized carbons (Fsp3) is 0.519. The number of halogens is 3. The first-order valence-corrected chi connectivity index (χ1v) is 12.5. The third-order valence-electron chi connectivity index (χ3n) is 7.01. The van der Waals surface area contributed by atoms with Gasteiger partial charge in [-0.15, -0.1) is 0 Å². The van der Waals surface area contributed by atoms with Crippen LogP contribution in [0.3, 0.4) is 0 Å². The molecule has 9 heteroatoms. The van der Waals surface area contributed by atoms with Crippen LogP contribution < -0.4 is 5.32 Å². The first-order chi connectivity index (χ1) is 17.3. The summed E-state index contributed by atoms with van der Waals surface area (Å²) in [4.78, 5) is 31.7. The fourth-order valence-corrected chi connectivity index (χ4v) is 5.06. The van der Waals surface area contributed by atoms with Crippen LogP contribution in [0.15, 0.2) is 48.8 Å². The highest BCUT2D eigenvalue weighted by atomic mass is 19.4. The summed E-state index contributed by atoms with van der Waals surface area (Å²) in [6, 6.07) is 8.35. The summed E-state index contributed by atoms with van der Waals surface area (Å²) in [7, 11) is 0. The van der Waals surface area contributed by atoms with E-state index in [0.717, 1.165) is 37.1 Å². The lowest BCUT2D eigenvalue weighted by molar-refractivity contribution is -0.137. The van der Waals surface area contributed by atoms with Crippen molar-refractivity contribution in [3.8, 4) is 0 Å². The number of hydrogen-bond acceptors (Lipinski definition) is 5. The molecule has 6 nitrogen and oxygen atoms in total. The van der Waals surface area contributed by atoms with E-state index in [4.69, 9.17) is 4.74 Å². The van der Waals surface area contributed by atoms with Crippen molar-refractivity contribution in [3.05, 3.63) is 65.5 Å². The van der Waals surface area contributed by atoms with E-state index < -0.39 is 17.5 Å². The van der Waals surface area contributed by atoms with E-state index in [0.29, 0.717) is 19.2 Å². The number of ketones is 1. The molecule has 1 saturated carbocycles. The van der Waals surface area contributed by atoms with E-state index in [1.54, 1.807) is 12.4 Å². The van der Waals surface area contributed by atoms with Crippen LogP contribution in [0, 0.1) is 0 Å². The molecule has 0 bridgehead atoms. The summed E-state index contributed by atoms with van der Waals surface area (Å²) >= 11 is 0. The van der Waals surface area contributed by atoms with Crippen LogP contribution in [0.5, 0.6) is 0 Å². The highest BCUT2D eigenvalue weighted by Crippen LogP contribution is 2.30. The Labute approximate surface area is 209 Å². The maximum absolute atomic E-state index is 13.0.